The van der Waals surface area contributed by atoms with Gasteiger partial charge in [-0.2, -0.15) is 0 Å². The maximum absolute atomic E-state index is 12.0. The van der Waals surface area contributed by atoms with Crippen LogP contribution in [0.5, 0.6) is 0 Å². The van der Waals surface area contributed by atoms with Crippen LogP contribution in [0.25, 0.3) is 0 Å². The molecule has 1 amide bonds. The number of nitrogens with zero attached hydrogens (tertiary/aromatic N) is 2. The third kappa shape index (κ3) is 8.19. The number of guanidine groups is 1. The van der Waals surface area contributed by atoms with E-state index in [9.17, 15) is 4.79 Å². The number of halogens is 1. The van der Waals surface area contributed by atoms with Gasteiger partial charge in [-0.25, -0.2) is 0 Å². The molecule has 0 aliphatic carbocycles. The molecule has 0 saturated carbocycles. The van der Waals surface area contributed by atoms with Crippen LogP contribution in [0.15, 0.2) is 4.99 Å². The Labute approximate surface area is 157 Å². The standard InChI is InChI=1S/C16H32N4O2.HI/c1-5-17-15(19-13-16(4)10-8-12-22-16)18-11-9-14(21)20(6-2)7-3;/h5-13H2,1-4H3,(H2,17,18,19);1H. The van der Waals surface area contributed by atoms with E-state index in [-0.39, 0.29) is 35.5 Å². The van der Waals surface area contributed by atoms with Gasteiger partial charge in [0.15, 0.2) is 5.96 Å². The van der Waals surface area contributed by atoms with Crippen LogP contribution >= 0.6 is 24.0 Å². The molecule has 0 aromatic rings. The molecule has 0 radical (unpaired) electrons. The summed E-state index contributed by atoms with van der Waals surface area (Å²) in [5, 5.41) is 6.44. The average Bonchev–Trinajstić information content (AvgIpc) is 2.93. The van der Waals surface area contributed by atoms with Gasteiger partial charge in [0.2, 0.25) is 5.91 Å². The summed E-state index contributed by atoms with van der Waals surface area (Å²) in [5.41, 5.74) is -0.139. The Morgan fingerprint density at radius 3 is 2.48 bits per heavy atom. The summed E-state index contributed by atoms with van der Waals surface area (Å²) in [6.07, 6.45) is 2.64. The molecule has 1 heterocycles. The molecular formula is C16H33IN4O2. The van der Waals surface area contributed by atoms with Crippen LogP contribution in [0.4, 0.5) is 0 Å². The molecule has 23 heavy (non-hydrogen) atoms. The first-order chi connectivity index (χ1) is 10.5. The van der Waals surface area contributed by atoms with E-state index in [2.05, 4.69) is 22.5 Å². The van der Waals surface area contributed by atoms with Gasteiger partial charge >= 0.3 is 0 Å². The number of carbonyl (C=O) groups excluding carboxylic acids is 1. The van der Waals surface area contributed by atoms with Crippen LogP contribution in [-0.2, 0) is 9.53 Å². The van der Waals surface area contributed by atoms with Crippen LogP contribution < -0.4 is 10.6 Å². The van der Waals surface area contributed by atoms with Gasteiger partial charge in [0.1, 0.15) is 0 Å². The highest BCUT2D eigenvalue weighted by Crippen LogP contribution is 2.24. The second-order valence-corrected chi connectivity index (χ2v) is 5.84. The zero-order valence-electron chi connectivity index (χ0n) is 15.0. The van der Waals surface area contributed by atoms with Crippen molar-refractivity contribution < 1.29 is 9.53 Å². The number of amides is 1. The zero-order valence-corrected chi connectivity index (χ0v) is 17.3. The van der Waals surface area contributed by atoms with E-state index in [1.54, 1.807) is 0 Å². The highest BCUT2D eigenvalue weighted by molar-refractivity contribution is 14.0. The number of hydrogen-bond donors (Lipinski definition) is 2. The first-order valence-electron chi connectivity index (χ1n) is 8.48. The summed E-state index contributed by atoms with van der Waals surface area (Å²) in [6, 6.07) is 0. The molecular weight excluding hydrogens is 407 g/mol. The van der Waals surface area contributed by atoms with Gasteiger partial charge in [0.05, 0.1) is 12.1 Å². The Bertz CT molecular complexity index is 367. The molecule has 0 aromatic carbocycles. The van der Waals surface area contributed by atoms with Crippen molar-refractivity contribution in [1.29, 1.82) is 0 Å². The van der Waals surface area contributed by atoms with Crippen molar-refractivity contribution in [3.63, 3.8) is 0 Å². The molecule has 0 spiro atoms. The SMILES string of the molecule is CCNC(=NCC1(C)CCCO1)NCCC(=O)N(CC)CC.I. The van der Waals surface area contributed by atoms with Gasteiger partial charge in [-0.15, -0.1) is 24.0 Å². The molecule has 136 valence electrons. The smallest absolute Gasteiger partial charge is 0.224 e. The normalized spacial score (nSPS) is 20.8. The van der Waals surface area contributed by atoms with E-state index in [1.807, 2.05) is 25.7 Å². The predicted molar refractivity (Wildman–Crippen MR) is 106 cm³/mol. The lowest BCUT2D eigenvalue weighted by molar-refractivity contribution is -0.130. The third-order valence-electron chi connectivity index (χ3n) is 3.96. The first-order valence-corrected chi connectivity index (χ1v) is 8.48. The van der Waals surface area contributed by atoms with E-state index in [4.69, 9.17) is 4.74 Å². The molecule has 1 unspecified atom stereocenters. The number of hydrogen-bond acceptors (Lipinski definition) is 3. The van der Waals surface area contributed by atoms with Crippen molar-refractivity contribution in [2.75, 3.05) is 39.3 Å². The number of nitrogens with one attached hydrogen (secondary N) is 2. The van der Waals surface area contributed by atoms with E-state index < -0.39 is 0 Å². The summed E-state index contributed by atoms with van der Waals surface area (Å²) in [5.74, 6) is 0.936. The van der Waals surface area contributed by atoms with Gasteiger partial charge in [-0.05, 0) is 40.5 Å². The van der Waals surface area contributed by atoms with Gasteiger partial charge in [-0.1, -0.05) is 0 Å². The molecule has 1 atom stereocenters. The number of rotatable bonds is 8. The van der Waals surface area contributed by atoms with Crippen molar-refractivity contribution in [1.82, 2.24) is 15.5 Å². The second kappa shape index (κ2) is 11.9. The van der Waals surface area contributed by atoms with E-state index >= 15 is 0 Å². The molecule has 6 nitrogen and oxygen atoms in total. The summed E-state index contributed by atoms with van der Waals surface area (Å²) in [6.45, 7) is 12.5. The fourth-order valence-corrected chi connectivity index (χ4v) is 2.57. The molecule has 7 heteroatoms. The highest BCUT2D eigenvalue weighted by atomic mass is 127. The number of aliphatic imine (C=N–C) groups is 1. The van der Waals surface area contributed by atoms with Crippen LogP contribution in [0, 0.1) is 0 Å². The minimum Gasteiger partial charge on any atom is -0.373 e. The molecule has 0 aromatic heterocycles. The van der Waals surface area contributed by atoms with Crippen LogP contribution in [0.2, 0.25) is 0 Å². The molecule has 1 aliphatic rings. The summed E-state index contributed by atoms with van der Waals surface area (Å²) in [7, 11) is 0. The Morgan fingerprint density at radius 2 is 1.96 bits per heavy atom. The quantitative estimate of drug-likeness (QED) is 0.344. The van der Waals surface area contributed by atoms with Crippen molar-refractivity contribution in [3.8, 4) is 0 Å². The van der Waals surface area contributed by atoms with Gasteiger partial charge < -0.3 is 20.3 Å². The lowest BCUT2D eigenvalue weighted by Gasteiger charge is -2.22. The second-order valence-electron chi connectivity index (χ2n) is 5.84. The predicted octanol–water partition coefficient (Wildman–Crippen LogP) is 1.99. The first kappa shape index (κ1) is 22.4. The van der Waals surface area contributed by atoms with Crippen molar-refractivity contribution in [2.24, 2.45) is 4.99 Å². The van der Waals surface area contributed by atoms with E-state index in [0.717, 1.165) is 45.0 Å². The maximum atomic E-state index is 12.0. The molecule has 1 aliphatic heterocycles. The largest absolute Gasteiger partial charge is 0.373 e. The Balaban J connectivity index is 0.00000484. The van der Waals surface area contributed by atoms with Gasteiger partial charge in [0, 0.05) is 39.2 Å². The van der Waals surface area contributed by atoms with Crippen molar-refractivity contribution >= 4 is 35.8 Å². The Kier molecular flexibility index (Phi) is 11.6. The Morgan fingerprint density at radius 1 is 1.26 bits per heavy atom. The fraction of sp³-hybridized carbons (Fsp3) is 0.875. The van der Waals surface area contributed by atoms with Gasteiger partial charge in [-0.3, -0.25) is 9.79 Å². The number of ether oxygens (including phenoxy) is 1. The van der Waals surface area contributed by atoms with Crippen molar-refractivity contribution in [3.05, 3.63) is 0 Å². The minimum atomic E-state index is -0.139. The maximum Gasteiger partial charge on any atom is 0.224 e. The van der Waals surface area contributed by atoms with E-state index in [1.165, 1.54) is 0 Å². The van der Waals surface area contributed by atoms with Crippen LogP contribution in [0.3, 0.4) is 0 Å². The summed E-state index contributed by atoms with van der Waals surface area (Å²) >= 11 is 0. The zero-order chi connectivity index (χ0) is 16.4. The highest BCUT2D eigenvalue weighted by Gasteiger charge is 2.29. The van der Waals surface area contributed by atoms with Crippen LogP contribution in [-0.4, -0.2) is 61.7 Å². The minimum absolute atomic E-state index is 0. The molecule has 1 saturated heterocycles. The topological polar surface area (TPSA) is 66.0 Å². The average molecular weight is 440 g/mol. The molecule has 2 N–H and O–H groups in total. The summed E-state index contributed by atoms with van der Waals surface area (Å²) < 4.78 is 5.75. The van der Waals surface area contributed by atoms with Crippen LogP contribution in [0.1, 0.15) is 47.0 Å². The fourth-order valence-electron chi connectivity index (χ4n) is 2.57. The lowest BCUT2D eigenvalue weighted by Crippen LogP contribution is -2.41. The Hall–Kier alpha value is -0.570. The molecule has 1 fully saturated rings. The van der Waals surface area contributed by atoms with Crippen molar-refractivity contribution in [2.45, 2.75) is 52.6 Å². The molecule has 1 rings (SSSR count). The third-order valence-corrected chi connectivity index (χ3v) is 3.96. The molecule has 0 bridgehead atoms. The number of carbonyl (C=O) groups is 1. The summed E-state index contributed by atoms with van der Waals surface area (Å²) in [4.78, 5) is 18.4. The monoisotopic (exact) mass is 440 g/mol. The van der Waals surface area contributed by atoms with E-state index in [0.29, 0.717) is 19.5 Å². The van der Waals surface area contributed by atoms with Gasteiger partial charge in [0.25, 0.3) is 0 Å². The lowest BCUT2D eigenvalue weighted by atomic mass is 10.0.